The highest BCUT2D eigenvalue weighted by atomic mass is 16.5. The van der Waals surface area contributed by atoms with Crippen LogP contribution in [-0.2, 0) is 9.53 Å². The molecule has 1 saturated heterocycles. The monoisotopic (exact) mass is 322 g/mol. The molecule has 24 heavy (non-hydrogen) atoms. The molecule has 2 fully saturated rings. The number of aldehydes is 1. The molecule has 4 bridgehead atoms. The van der Waals surface area contributed by atoms with E-state index in [4.69, 9.17) is 4.74 Å². The van der Waals surface area contributed by atoms with Crippen LogP contribution in [0.25, 0.3) is 0 Å². The van der Waals surface area contributed by atoms with E-state index >= 15 is 0 Å². The van der Waals surface area contributed by atoms with Gasteiger partial charge in [0.1, 0.15) is 6.29 Å². The van der Waals surface area contributed by atoms with Crippen LogP contribution in [0.3, 0.4) is 0 Å². The first-order valence-electron chi connectivity index (χ1n) is 8.46. The van der Waals surface area contributed by atoms with Crippen molar-refractivity contribution in [2.75, 3.05) is 0 Å². The Labute approximate surface area is 139 Å². The van der Waals surface area contributed by atoms with Gasteiger partial charge in [0.05, 0.1) is 11.0 Å². The molecule has 6 rings (SSSR count). The predicted octanol–water partition coefficient (Wildman–Crippen LogP) is 2.76. The Hall–Kier alpha value is -2.07. The van der Waals surface area contributed by atoms with Gasteiger partial charge in [-0.15, -0.1) is 0 Å². The van der Waals surface area contributed by atoms with Crippen molar-refractivity contribution >= 4 is 17.9 Å². The second-order valence-electron chi connectivity index (χ2n) is 7.95. The van der Waals surface area contributed by atoms with E-state index in [0.717, 1.165) is 19.1 Å². The quantitative estimate of drug-likeness (QED) is 0.746. The predicted molar refractivity (Wildman–Crippen MR) is 85.8 cm³/mol. The van der Waals surface area contributed by atoms with Gasteiger partial charge in [0.25, 0.3) is 0 Å². The topological polar surface area (TPSA) is 60.4 Å². The van der Waals surface area contributed by atoms with E-state index in [-0.39, 0.29) is 23.4 Å². The molecule has 1 aromatic rings. The number of rotatable bonds is 1. The highest BCUT2D eigenvalue weighted by molar-refractivity contribution is 6.28. The summed E-state index contributed by atoms with van der Waals surface area (Å²) in [6, 6.07) is 6.85. The summed E-state index contributed by atoms with van der Waals surface area (Å²) in [4.78, 5) is 38.8. The van der Waals surface area contributed by atoms with Crippen molar-refractivity contribution in [3.8, 4) is 0 Å². The van der Waals surface area contributed by atoms with Crippen LogP contribution in [0, 0.1) is 17.3 Å². The van der Waals surface area contributed by atoms with Gasteiger partial charge in [-0.25, -0.2) is 0 Å². The molecule has 1 aromatic carbocycles. The molecule has 0 radical (unpaired) electrons. The molecule has 5 aliphatic rings. The van der Waals surface area contributed by atoms with Crippen molar-refractivity contribution in [3.63, 3.8) is 0 Å². The minimum atomic E-state index is -1.47. The van der Waals surface area contributed by atoms with E-state index in [1.807, 2.05) is 13.0 Å². The van der Waals surface area contributed by atoms with E-state index in [2.05, 4.69) is 0 Å². The molecule has 5 atom stereocenters. The number of carbonyl (C=O) groups is 3. The summed E-state index contributed by atoms with van der Waals surface area (Å²) in [6.07, 6.45) is 4.45. The Bertz CT molecular complexity index is 868. The number of hydrogen-bond acceptors (Lipinski definition) is 4. The minimum absolute atomic E-state index is 0.00610. The smallest absolute Gasteiger partial charge is 0.201 e. The fourth-order valence-electron chi connectivity index (χ4n) is 5.69. The summed E-state index contributed by atoms with van der Waals surface area (Å²) in [5.41, 5.74) is -1.78. The van der Waals surface area contributed by atoms with Crippen molar-refractivity contribution in [2.24, 2.45) is 17.3 Å². The molecular formula is C20H18O4. The average Bonchev–Trinajstić information content (AvgIpc) is 2.90. The lowest BCUT2D eigenvalue weighted by Crippen LogP contribution is -2.72. The van der Waals surface area contributed by atoms with Crippen LogP contribution < -0.4 is 0 Å². The molecule has 1 saturated carbocycles. The average molecular weight is 322 g/mol. The number of ether oxygens (including phenoxy) is 1. The van der Waals surface area contributed by atoms with E-state index in [0.29, 0.717) is 16.7 Å². The number of Topliss-reactive ketones (excluding diaryl/α,β-unsaturated/α-hetero) is 2. The third-order valence-corrected chi connectivity index (χ3v) is 6.96. The van der Waals surface area contributed by atoms with Gasteiger partial charge < -0.3 is 9.53 Å². The summed E-state index contributed by atoms with van der Waals surface area (Å²) in [6.45, 7) is 3.81. The van der Waals surface area contributed by atoms with Gasteiger partial charge >= 0.3 is 0 Å². The van der Waals surface area contributed by atoms with Crippen LogP contribution in [-0.4, -0.2) is 29.1 Å². The lowest BCUT2D eigenvalue weighted by Gasteiger charge is -2.61. The van der Waals surface area contributed by atoms with Crippen molar-refractivity contribution in [2.45, 2.75) is 37.9 Å². The first-order chi connectivity index (χ1) is 11.4. The van der Waals surface area contributed by atoms with Gasteiger partial charge in [-0.3, -0.25) is 9.59 Å². The lowest BCUT2D eigenvalue weighted by atomic mass is 9.49. The first kappa shape index (κ1) is 14.3. The summed E-state index contributed by atoms with van der Waals surface area (Å²) in [5.74, 6) is -0.369. The highest BCUT2D eigenvalue weighted by Gasteiger charge is 2.76. The largest absolute Gasteiger partial charge is 0.354 e. The molecule has 0 unspecified atom stereocenters. The van der Waals surface area contributed by atoms with Crippen LogP contribution in [0.15, 0.2) is 35.9 Å². The SMILES string of the molecule is C[C@@]12CC[C@@H]3[C@@H]1C=C1C(=O)c4ccccc4C(=O)[C@]1(O2)[C@@]3(C)C=O. The molecule has 4 nitrogen and oxygen atoms in total. The van der Waals surface area contributed by atoms with E-state index in [9.17, 15) is 14.4 Å². The Balaban J connectivity index is 1.89. The van der Waals surface area contributed by atoms with Gasteiger partial charge in [0, 0.05) is 22.6 Å². The van der Waals surface area contributed by atoms with Crippen LogP contribution in [0.1, 0.15) is 47.4 Å². The van der Waals surface area contributed by atoms with Crippen molar-refractivity contribution in [1.82, 2.24) is 0 Å². The number of carbonyl (C=O) groups excluding carboxylic acids is 3. The van der Waals surface area contributed by atoms with E-state index < -0.39 is 16.6 Å². The minimum Gasteiger partial charge on any atom is -0.354 e. The van der Waals surface area contributed by atoms with Gasteiger partial charge in [0.15, 0.2) is 11.4 Å². The number of ketones is 2. The Morgan fingerprint density at radius 2 is 1.88 bits per heavy atom. The molecular weight excluding hydrogens is 304 g/mol. The van der Waals surface area contributed by atoms with Crippen molar-refractivity contribution in [1.29, 1.82) is 0 Å². The first-order valence-corrected chi connectivity index (χ1v) is 8.46. The summed E-state index contributed by atoms with van der Waals surface area (Å²) < 4.78 is 6.43. The zero-order chi connectivity index (χ0) is 16.9. The number of benzene rings is 1. The van der Waals surface area contributed by atoms with Crippen LogP contribution in [0.4, 0.5) is 0 Å². The highest BCUT2D eigenvalue weighted by Crippen LogP contribution is 2.68. The van der Waals surface area contributed by atoms with Gasteiger partial charge in [-0.05, 0) is 32.6 Å². The second kappa shape index (κ2) is 3.94. The third kappa shape index (κ3) is 1.21. The van der Waals surface area contributed by atoms with Crippen LogP contribution >= 0.6 is 0 Å². The molecule has 2 aliphatic heterocycles. The molecule has 4 heteroatoms. The Kier molecular flexibility index (Phi) is 2.35. The summed E-state index contributed by atoms with van der Waals surface area (Å²) >= 11 is 0. The van der Waals surface area contributed by atoms with E-state index in [1.54, 1.807) is 31.2 Å². The zero-order valence-corrected chi connectivity index (χ0v) is 13.7. The Morgan fingerprint density at radius 3 is 2.58 bits per heavy atom. The van der Waals surface area contributed by atoms with Gasteiger partial charge in [-0.2, -0.15) is 0 Å². The fourth-order valence-corrected chi connectivity index (χ4v) is 5.69. The standard InChI is InChI=1S/C20H18O4/c1-18(10-21)13-7-8-19(2)14(13)9-15-16(22)11-5-3-4-6-12(11)17(23)20(15,18)24-19/h3-6,9-10,13-14H,7-8H2,1-2H3/t13-,14+,18+,19-,20+/m1/s1. The van der Waals surface area contributed by atoms with Crippen LogP contribution in [0.2, 0.25) is 0 Å². The van der Waals surface area contributed by atoms with Crippen molar-refractivity contribution in [3.05, 3.63) is 47.0 Å². The maximum atomic E-state index is 13.5. The number of fused-ring (bicyclic) bond motifs is 1. The molecule has 0 aromatic heterocycles. The van der Waals surface area contributed by atoms with Crippen LogP contribution in [0.5, 0.6) is 0 Å². The lowest BCUT2D eigenvalue weighted by molar-refractivity contribution is -0.219. The fraction of sp³-hybridized carbons (Fsp3) is 0.450. The maximum absolute atomic E-state index is 13.5. The molecule has 3 aliphatic carbocycles. The molecule has 2 heterocycles. The second-order valence-corrected chi connectivity index (χ2v) is 7.95. The molecule has 1 spiro atoms. The molecule has 0 amide bonds. The summed E-state index contributed by atoms with van der Waals surface area (Å²) in [7, 11) is 0. The molecule has 122 valence electrons. The Morgan fingerprint density at radius 1 is 1.17 bits per heavy atom. The molecule has 0 N–H and O–H groups in total. The van der Waals surface area contributed by atoms with Gasteiger partial charge in [-0.1, -0.05) is 30.3 Å². The normalized spacial score (nSPS) is 44.8. The number of hydrogen-bond donors (Lipinski definition) is 0. The van der Waals surface area contributed by atoms with E-state index in [1.165, 1.54) is 0 Å². The third-order valence-electron chi connectivity index (χ3n) is 6.96. The van der Waals surface area contributed by atoms with Crippen molar-refractivity contribution < 1.29 is 19.1 Å². The van der Waals surface area contributed by atoms with Gasteiger partial charge in [0.2, 0.25) is 5.78 Å². The maximum Gasteiger partial charge on any atom is 0.201 e. The summed E-state index contributed by atoms with van der Waals surface area (Å²) in [5, 5.41) is 0. The zero-order valence-electron chi connectivity index (χ0n) is 13.7.